The van der Waals surface area contributed by atoms with Crippen LogP contribution in [0.2, 0.25) is 0 Å². The first kappa shape index (κ1) is 27.3. The van der Waals surface area contributed by atoms with E-state index in [-0.39, 0.29) is 17.0 Å². The molecule has 3 aliphatic carbocycles. The molecule has 4 fully saturated rings. The highest BCUT2D eigenvalue weighted by Crippen LogP contribution is 2.61. The van der Waals surface area contributed by atoms with Crippen molar-refractivity contribution >= 4 is 15.9 Å². The smallest absolute Gasteiger partial charge is 0.161 e. The molecule has 1 saturated heterocycles. The van der Waals surface area contributed by atoms with Crippen molar-refractivity contribution in [3.05, 3.63) is 22.2 Å². The van der Waals surface area contributed by atoms with Crippen molar-refractivity contribution < 1.29 is 40.4 Å². The molecule has 1 aromatic carbocycles. The summed E-state index contributed by atoms with van der Waals surface area (Å²) in [5.74, 6) is 4.30. The average molecular weight is 591 g/mol. The summed E-state index contributed by atoms with van der Waals surface area (Å²) < 4.78 is 25.0. The minimum absolute atomic E-state index is 0. The standard InChI is InChI=1S/C26H41BrNO4.BrH/c1-26(2)21-6-5-19(22(26)16-21)7-11-31-12-8-28(9-13-32-14-10-28)18-20-15-24(29-3)25(30-4)17-23(20)27;/h15,17,19,21-22H,5-14,16,18H2,1-4H3;1H/q+1;/p-1/t19-,21+,22-;/m0./s1. The number of morpholine rings is 1. The summed E-state index contributed by atoms with van der Waals surface area (Å²) in [6.07, 6.45) is 5.52. The Hall–Kier alpha value is -0.340. The number of benzene rings is 1. The van der Waals surface area contributed by atoms with Gasteiger partial charge in [-0.05, 0) is 61.0 Å². The van der Waals surface area contributed by atoms with Crippen molar-refractivity contribution in [1.29, 1.82) is 0 Å². The van der Waals surface area contributed by atoms with Crippen LogP contribution in [0.15, 0.2) is 16.6 Å². The lowest BCUT2D eigenvalue weighted by Gasteiger charge is -2.60. The van der Waals surface area contributed by atoms with Crippen LogP contribution in [0, 0.1) is 23.2 Å². The van der Waals surface area contributed by atoms with E-state index >= 15 is 0 Å². The van der Waals surface area contributed by atoms with Crippen LogP contribution in [0.25, 0.3) is 0 Å². The van der Waals surface area contributed by atoms with E-state index in [1.807, 2.05) is 6.07 Å². The van der Waals surface area contributed by atoms with Crippen LogP contribution in [0.3, 0.4) is 0 Å². The molecule has 188 valence electrons. The second kappa shape index (κ2) is 11.6. The molecule has 0 aromatic heterocycles. The first-order valence-corrected chi connectivity index (χ1v) is 13.1. The van der Waals surface area contributed by atoms with Crippen LogP contribution < -0.4 is 26.5 Å². The SMILES string of the molecule is COc1cc(Br)c(C[N+]2(CCOCC[C@@H]3CC[C@@H]4C[C@@H]3C4(C)C)CCOCC2)cc1OC.[Br-]. The van der Waals surface area contributed by atoms with Gasteiger partial charge in [0.05, 0.1) is 34.0 Å². The number of fused-ring (bicyclic) bond motifs is 2. The molecule has 5 nitrogen and oxygen atoms in total. The molecule has 33 heavy (non-hydrogen) atoms. The van der Waals surface area contributed by atoms with Crippen molar-refractivity contribution in [2.45, 2.75) is 46.1 Å². The summed E-state index contributed by atoms with van der Waals surface area (Å²) in [4.78, 5) is 0. The van der Waals surface area contributed by atoms with Crippen molar-refractivity contribution in [1.82, 2.24) is 0 Å². The van der Waals surface area contributed by atoms with Crippen molar-refractivity contribution in [2.75, 3.05) is 60.3 Å². The summed E-state index contributed by atoms with van der Waals surface area (Å²) >= 11 is 3.75. The van der Waals surface area contributed by atoms with Gasteiger partial charge in [-0.3, -0.25) is 0 Å². The predicted molar refractivity (Wildman–Crippen MR) is 130 cm³/mol. The monoisotopic (exact) mass is 589 g/mol. The predicted octanol–water partition coefficient (Wildman–Crippen LogP) is 2.30. The van der Waals surface area contributed by atoms with Crippen molar-refractivity contribution in [3.8, 4) is 11.5 Å². The fraction of sp³-hybridized carbons (Fsp3) is 0.769. The summed E-state index contributed by atoms with van der Waals surface area (Å²) in [6.45, 7) is 12.3. The molecule has 1 aliphatic heterocycles. The molecule has 3 atom stereocenters. The summed E-state index contributed by atoms with van der Waals surface area (Å²) in [5, 5.41) is 0. The van der Waals surface area contributed by atoms with Crippen LogP contribution in [0.1, 0.15) is 45.1 Å². The number of nitrogens with zero attached hydrogens (tertiary/aromatic N) is 1. The van der Waals surface area contributed by atoms with Gasteiger partial charge in [0.15, 0.2) is 11.5 Å². The Morgan fingerprint density at radius 2 is 1.76 bits per heavy atom. The lowest BCUT2D eigenvalue weighted by Crippen LogP contribution is -3.00. The molecule has 4 aliphatic rings. The fourth-order valence-electron chi connectivity index (χ4n) is 6.47. The van der Waals surface area contributed by atoms with E-state index < -0.39 is 0 Å². The van der Waals surface area contributed by atoms with Gasteiger partial charge in [0.25, 0.3) is 0 Å². The molecule has 5 rings (SSSR count). The molecule has 2 bridgehead atoms. The zero-order chi connectivity index (χ0) is 22.8. The summed E-state index contributed by atoms with van der Waals surface area (Å²) in [6, 6.07) is 4.12. The number of ether oxygens (including phenoxy) is 4. The number of methoxy groups -OCH3 is 2. The Morgan fingerprint density at radius 3 is 2.39 bits per heavy atom. The molecule has 0 N–H and O–H groups in total. The third-order valence-corrected chi connectivity index (χ3v) is 9.56. The first-order chi connectivity index (χ1) is 15.4. The number of quaternary nitrogens is 1. The van der Waals surface area contributed by atoms with Crippen LogP contribution in [0.5, 0.6) is 11.5 Å². The molecular weight excluding hydrogens is 550 g/mol. The van der Waals surface area contributed by atoms with Gasteiger partial charge in [-0.2, -0.15) is 0 Å². The number of halogens is 2. The van der Waals surface area contributed by atoms with Gasteiger partial charge in [-0.15, -0.1) is 0 Å². The summed E-state index contributed by atoms with van der Waals surface area (Å²) in [7, 11) is 3.37. The fourth-order valence-corrected chi connectivity index (χ4v) is 6.92. The van der Waals surface area contributed by atoms with E-state index in [1.54, 1.807) is 14.2 Å². The minimum atomic E-state index is 0. The maximum Gasteiger partial charge on any atom is 0.161 e. The highest BCUT2D eigenvalue weighted by molar-refractivity contribution is 9.10. The summed E-state index contributed by atoms with van der Waals surface area (Å²) in [5.41, 5.74) is 1.81. The van der Waals surface area contributed by atoms with Crippen LogP contribution in [-0.2, 0) is 16.0 Å². The Kier molecular flexibility index (Phi) is 9.58. The quantitative estimate of drug-likeness (QED) is 0.310. The Balaban J connectivity index is 0.00000306. The Morgan fingerprint density at radius 1 is 1.06 bits per heavy atom. The van der Waals surface area contributed by atoms with Crippen molar-refractivity contribution in [2.24, 2.45) is 23.2 Å². The van der Waals surface area contributed by atoms with Gasteiger partial charge >= 0.3 is 0 Å². The van der Waals surface area contributed by atoms with E-state index in [4.69, 9.17) is 18.9 Å². The largest absolute Gasteiger partial charge is 1.00 e. The third-order valence-electron chi connectivity index (χ3n) is 8.82. The van der Waals surface area contributed by atoms with Gasteiger partial charge in [-0.1, -0.05) is 29.8 Å². The minimum Gasteiger partial charge on any atom is -1.00 e. The molecule has 0 amide bonds. The zero-order valence-corrected chi connectivity index (χ0v) is 23.9. The Labute approximate surface area is 219 Å². The zero-order valence-electron chi connectivity index (χ0n) is 20.7. The first-order valence-electron chi connectivity index (χ1n) is 12.3. The maximum atomic E-state index is 6.23. The van der Waals surface area contributed by atoms with E-state index in [9.17, 15) is 0 Å². The van der Waals surface area contributed by atoms with E-state index in [0.717, 1.165) is 90.8 Å². The second-order valence-corrected chi connectivity index (χ2v) is 11.5. The number of hydrogen-bond acceptors (Lipinski definition) is 4. The van der Waals surface area contributed by atoms with Crippen LogP contribution >= 0.6 is 15.9 Å². The van der Waals surface area contributed by atoms with E-state index in [0.29, 0.717) is 5.41 Å². The van der Waals surface area contributed by atoms with E-state index in [1.165, 1.54) is 31.2 Å². The lowest BCUT2D eigenvalue weighted by atomic mass is 9.45. The molecule has 1 heterocycles. The number of hydrogen-bond donors (Lipinski definition) is 0. The molecule has 3 saturated carbocycles. The van der Waals surface area contributed by atoms with Gasteiger partial charge < -0.3 is 40.4 Å². The van der Waals surface area contributed by atoms with Gasteiger partial charge in [0.1, 0.15) is 26.2 Å². The third kappa shape index (κ3) is 5.91. The lowest BCUT2D eigenvalue weighted by molar-refractivity contribution is -0.947. The highest BCUT2D eigenvalue weighted by atomic mass is 79.9. The van der Waals surface area contributed by atoms with Gasteiger partial charge in [0.2, 0.25) is 0 Å². The van der Waals surface area contributed by atoms with Crippen LogP contribution in [-0.4, -0.2) is 64.8 Å². The molecule has 7 heteroatoms. The second-order valence-electron chi connectivity index (χ2n) is 10.7. The Bertz CT molecular complexity index is 780. The molecular formula is C26H41Br2NO4. The maximum absolute atomic E-state index is 6.23. The molecule has 1 aromatic rings. The number of rotatable bonds is 10. The molecule has 0 unspecified atom stereocenters. The normalized spacial score (nSPS) is 27.2. The van der Waals surface area contributed by atoms with Gasteiger partial charge in [-0.25, -0.2) is 0 Å². The van der Waals surface area contributed by atoms with E-state index in [2.05, 4.69) is 35.8 Å². The highest BCUT2D eigenvalue weighted by Gasteiger charge is 2.53. The average Bonchev–Trinajstić information content (AvgIpc) is 2.80. The van der Waals surface area contributed by atoms with Gasteiger partial charge in [0, 0.05) is 16.6 Å². The topological polar surface area (TPSA) is 36.9 Å². The molecule has 0 radical (unpaired) electrons. The van der Waals surface area contributed by atoms with Crippen molar-refractivity contribution in [3.63, 3.8) is 0 Å². The molecule has 0 spiro atoms. The van der Waals surface area contributed by atoms with Crippen LogP contribution in [0.4, 0.5) is 0 Å².